The van der Waals surface area contributed by atoms with E-state index in [0.29, 0.717) is 24.1 Å². The lowest BCUT2D eigenvalue weighted by Crippen LogP contribution is -2.37. The number of nitrogens with one attached hydrogen (secondary N) is 1. The van der Waals surface area contributed by atoms with E-state index in [0.717, 1.165) is 18.9 Å². The maximum Gasteiger partial charge on any atom is 0.252 e. The molecule has 1 aliphatic carbocycles. The lowest BCUT2D eigenvalue weighted by atomic mass is 9.95. The third kappa shape index (κ3) is 3.35. The molecule has 1 saturated heterocycles. The standard InChI is InChI=1S/C16H23N3O2/c1-21-10-8-17-15(20)13-3-4-14(18-11-13)19-9-2-5-16(12-19)6-7-16/h3-4,11H,2,5-10,12H2,1H3,(H,17,20). The van der Waals surface area contributed by atoms with Gasteiger partial charge in [0.05, 0.1) is 12.2 Å². The summed E-state index contributed by atoms with van der Waals surface area (Å²) in [5.41, 5.74) is 1.18. The minimum Gasteiger partial charge on any atom is -0.383 e. The molecule has 2 heterocycles. The van der Waals surface area contributed by atoms with Crippen LogP contribution in [0.5, 0.6) is 0 Å². The Kier molecular flexibility index (Phi) is 4.10. The van der Waals surface area contributed by atoms with Crippen molar-refractivity contribution in [2.45, 2.75) is 25.7 Å². The van der Waals surface area contributed by atoms with Gasteiger partial charge in [0.1, 0.15) is 5.82 Å². The summed E-state index contributed by atoms with van der Waals surface area (Å²) in [6.45, 7) is 3.24. The molecule has 0 atom stereocenters. The first kappa shape index (κ1) is 14.3. The Balaban J connectivity index is 1.59. The third-order valence-electron chi connectivity index (χ3n) is 4.54. The zero-order chi connectivity index (χ0) is 14.7. The molecule has 1 aromatic rings. The maximum atomic E-state index is 11.9. The number of nitrogens with zero attached hydrogens (tertiary/aromatic N) is 2. The van der Waals surface area contributed by atoms with Crippen molar-refractivity contribution in [2.75, 3.05) is 38.3 Å². The van der Waals surface area contributed by atoms with Crippen LogP contribution in [-0.4, -0.2) is 44.2 Å². The molecule has 21 heavy (non-hydrogen) atoms. The Hall–Kier alpha value is -1.62. The molecule has 0 aromatic carbocycles. The average molecular weight is 289 g/mol. The van der Waals surface area contributed by atoms with Gasteiger partial charge in [-0.15, -0.1) is 0 Å². The first-order chi connectivity index (χ1) is 10.2. The Labute approximate surface area is 125 Å². The molecule has 1 amide bonds. The normalized spacial score (nSPS) is 19.6. The number of amides is 1. The fourth-order valence-corrected chi connectivity index (χ4v) is 3.06. The Morgan fingerprint density at radius 2 is 2.29 bits per heavy atom. The van der Waals surface area contributed by atoms with Crippen LogP contribution in [0.25, 0.3) is 0 Å². The predicted octanol–water partition coefficient (Wildman–Crippen LogP) is 1.84. The fraction of sp³-hybridized carbons (Fsp3) is 0.625. The number of hydrogen-bond acceptors (Lipinski definition) is 4. The summed E-state index contributed by atoms with van der Waals surface area (Å²) < 4.78 is 4.91. The van der Waals surface area contributed by atoms with Gasteiger partial charge < -0.3 is 15.0 Å². The summed E-state index contributed by atoms with van der Waals surface area (Å²) in [4.78, 5) is 18.7. The number of aromatic nitrogens is 1. The molecule has 2 fully saturated rings. The zero-order valence-electron chi connectivity index (χ0n) is 12.6. The van der Waals surface area contributed by atoms with Crippen molar-refractivity contribution < 1.29 is 9.53 Å². The maximum absolute atomic E-state index is 11.9. The zero-order valence-corrected chi connectivity index (χ0v) is 12.6. The number of pyridine rings is 1. The first-order valence-electron chi connectivity index (χ1n) is 7.71. The lowest BCUT2D eigenvalue weighted by molar-refractivity contribution is 0.0937. The van der Waals surface area contributed by atoms with E-state index in [9.17, 15) is 4.79 Å². The molecule has 0 unspecified atom stereocenters. The third-order valence-corrected chi connectivity index (χ3v) is 4.54. The summed E-state index contributed by atoms with van der Waals surface area (Å²) in [5.74, 6) is 0.901. The second-order valence-corrected chi connectivity index (χ2v) is 6.18. The summed E-state index contributed by atoms with van der Waals surface area (Å²) in [6, 6.07) is 3.82. The van der Waals surface area contributed by atoms with Crippen LogP contribution in [0.4, 0.5) is 5.82 Å². The van der Waals surface area contributed by atoms with Gasteiger partial charge in [-0.1, -0.05) is 0 Å². The number of rotatable bonds is 5. The van der Waals surface area contributed by atoms with Gasteiger partial charge in [-0.2, -0.15) is 0 Å². The Morgan fingerprint density at radius 1 is 1.43 bits per heavy atom. The van der Waals surface area contributed by atoms with Crippen LogP contribution >= 0.6 is 0 Å². The van der Waals surface area contributed by atoms with Crippen LogP contribution < -0.4 is 10.2 Å². The minimum atomic E-state index is -0.0941. The van der Waals surface area contributed by atoms with Gasteiger partial charge in [-0.25, -0.2) is 4.98 Å². The van der Waals surface area contributed by atoms with Crippen molar-refractivity contribution in [2.24, 2.45) is 5.41 Å². The van der Waals surface area contributed by atoms with Gasteiger partial charge >= 0.3 is 0 Å². The van der Waals surface area contributed by atoms with Gasteiger partial charge in [0.25, 0.3) is 5.91 Å². The van der Waals surface area contributed by atoms with E-state index in [-0.39, 0.29) is 5.91 Å². The van der Waals surface area contributed by atoms with Crippen molar-refractivity contribution in [1.82, 2.24) is 10.3 Å². The Morgan fingerprint density at radius 3 is 2.95 bits per heavy atom. The van der Waals surface area contributed by atoms with E-state index in [4.69, 9.17) is 4.74 Å². The van der Waals surface area contributed by atoms with Crippen LogP contribution in [0.1, 0.15) is 36.0 Å². The topological polar surface area (TPSA) is 54.5 Å². The fourth-order valence-electron chi connectivity index (χ4n) is 3.06. The molecule has 2 aliphatic rings. The number of ether oxygens (including phenoxy) is 1. The van der Waals surface area contributed by atoms with E-state index in [1.807, 2.05) is 12.1 Å². The minimum absolute atomic E-state index is 0.0941. The average Bonchev–Trinajstić information content (AvgIpc) is 3.26. The van der Waals surface area contributed by atoms with Gasteiger partial charge in [0, 0.05) is 32.9 Å². The highest BCUT2D eigenvalue weighted by Gasteiger charge is 2.45. The summed E-state index contributed by atoms with van der Waals surface area (Å²) in [7, 11) is 1.62. The molecule has 1 saturated carbocycles. The quantitative estimate of drug-likeness (QED) is 0.840. The SMILES string of the molecule is COCCNC(=O)c1ccc(N2CCCC3(CC3)C2)nc1. The molecule has 3 rings (SSSR count). The second kappa shape index (κ2) is 6.02. The molecule has 1 aliphatic heterocycles. The van der Waals surface area contributed by atoms with Crippen molar-refractivity contribution in [3.05, 3.63) is 23.9 Å². The van der Waals surface area contributed by atoms with E-state index < -0.39 is 0 Å². The molecular weight excluding hydrogens is 266 g/mol. The number of piperidine rings is 1. The summed E-state index contributed by atoms with van der Waals surface area (Å²) >= 11 is 0. The predicted molar refractivity (Wildman–Crippen MR) is 81.6 cm³/mol. The summed E-state index contributed by atoms with van der Waals surface area (Å²) in [5, 5.41) is 2.80. The van der Waals surface area contributed by atoms with Crippen LogP contribution in [-0.2, 0) is 4.74 Å². The second-order valence-electron chi connectivity index (χ2n) is 6.18. The highest BCUT2D eigenvalue weighted by molar-refractivity contribution is 5.94. The molecule has 1 aromatic heterocycles. The van der Waals surface area contributed by atoms with Crippen molar-refractivity contribution in [3.63, 3.8) is 0 Å². The number of anilines is 1. The molecule has 0 radical (unpaired) electrons. The number of methoxy groups -OCH3 is 1. The monoisotopic (exact) mass is 289 g/mol. The molecule has 0 bridgehead atoms. The van der Waals surface area contributed by atoms with Gasteiger partial charge in [0.15, 0.2) is 0 Å². The smallest absolute Gasteiger partial charge is 0.252 e. The van der Waals surface area contributed by atoms with Crippen molar-refractivity contribution >= 4 is 11.7 Å². The van der Waals surface area contributed by atoms with Crippen molar-refractivity contribution in [3.8, 4) is 0 Å². The van der Waals surface area contributed by atoms with E-state index in [1.165, 1.54) is 25.7 Å². The number of hydrogen-bond donors (Lipinski definition) is 1. The lowest BCUT2D eigenvalue weighted by Gasteiger charge is -2.33. The van der Waals surface area contributed by atoms with Gasteiger partial charge in [0.2, 0.25) is 0 Å². The van der Waals surface area contributed by atoms with E-state index >= 15 is 0 Å². The molecule has 1 N–H and O–H groups in total. The highest BCUT2D eigenvalue weighted by Crippen LogP contribution is 2.52. The van der Waals surface area contributed by atoms with E-state index in [1.54, 1.807) is 13.3 Å². The molecule has 5 nitrogen and oxygen atoms in total. The van der Waals surface area contributed by atoms with Gasteiger partial charge in [-0.05, 0) is 43.2 Å². The molecule has 1 spiro atoms. The van der Waals surface area contributed by atoms with Gasteiger partial charge in [-0.3, -0.25) is 4.79 Å². The van der Waals surface area contributed by atoms with Crippen LogP contribution in [0, 0.1) is 5.41 Å². The van der Waals surface area contributed by atoms with Crippen LogP contribution in [0.2, 0.25) is 0 Å². The highest BCUT2D eigenvalue weighted by atomic mass is 16.5. The largest absolute Gasteiger partial charge is 0.383 e. The number of carbonyl (C=O) groups excluding carboxylic acids is 1. The van der Waals surface area contributed by atoms with E-state index in [2.05, 4.69) is 15.2 Å². The Bertz CT molecular complexity index is 497. The summed E-state index contributed by atoms with van der Waals surface area (Å²) in [6.07, 6.45) is 7.02. The number of carbonyl (C=O) groups is 1. The molecular formula is C16H23N3O2. The van der Waals surface area contributed by atoms with Crippen LogP contribution in [0.15, 0.2) is 18.3 Å². The van der Waals surface area contributed by atoms with Crippen molar-refractivity contribution in [1.29, 1.82) is 0 Å². The molecule has 114 valence electrons. The van der Waals surface area contributed by atoms with Crippen LogP contribution in [0.3, 0.4) is 0 Å². The molecule has 5 heteroatoms. The first-order valence-corrected chi connectivity index (χ1v) is 7.71.